The zero-order chi connectivity index (χ0) is 44.3. The minimum absolute atomic E-state index is 0.561. The van der Waals surface area contributed by atoms with Gasteiger partial charge in [0.05, 0.1) is 11.1 Å². The van der Waals surface area contributed by atoms with Gasteiger partial charge in [0.2, 0.25) is 0 Å². The Morgan fingerprint density at radius 1 is 0.299 bits per heavy atom. The van der Waals surface area contributed by atoms with Gasteiger partial charge in [-0.05, 0) is 132 Å². The lowest BCUT2D eigenvalue weighted by Gasteiger charge is -2.35. The molecule has 0 N–H and O–H groups in total. The molecule has 0 amide bonds. The average molecular weight is 854 g/mol. The van der Waals surface area contributed by atoms with Crippen LogP contribution in [0.15, 0.2) is 261 Å². The van der Waals surface area contributed by atoms with Crippen molar-refractivity contribution in [3.63, 3.8) is 0 Å². The average Bonchev–Trinajstić information content (AvgIpc) is 3.62. The molecule has 0 saturated heterocycles. The van der Waals surface area contributed by atoms with E-state index in [0.29, 0.717) is 0 Å². The molecule has 0 bridgehead atoms. The van der Waals surface area contributed by atoms with E-state index < -0.39 is 5.41 Å². The van der Waals surface area contributed by atoms with Gasteiger partial charge >= 0.3 is 0 Å². The van der Waals surface area contributed by atoms with E-state index in [9.17, 15) is 0 Å². The zero-order valence-corrected chi connectivity index (χ0v) is 36.7. The normalized spacial score (nSPS) is 12.7. The molecule has 314 valence electrons. The van der Waals surface area contributed by atoms with Gasteiger partial charge in [-0.2, -0.15) is 0 Å². The van der Waals surface area contributed by atoms with Crippen LogP contribution < -0.4 is 9.64 Å². The monoisotopic (exact) mass is 853 g/mol. The fourth-order valence-electron chi connectivity index (χ4n) is 10.9. The van der Waals surface area contributed by atoms with Crippen molar-refractivity contribution >= 4 is 27.8 Å². The van der Waals surface area contributed by atoms with Gasteiger partial charge in [-0.1, -0.05) is 206 Å². The lowest BCUT2D eigenvalue weighted by molar-refractivity contribution is 0.488. The topological polar surface area (TPSA) is 12.5 Å². The Balaban J connectivity index is 1.09. The first kappa shape index (κ1) is 38.7. The van der Waals surface area contributed by atoms with Crippen molar-refractivity contribution in [2.45, 2.75) is 5.41 Å². The molecule has 0 aromatic heterocycles. The molecule has 0 atom stereocenters. The van der Waals surface area contributed by atoms with Crippen LogP contribution in [-0.4, -0.2) is 0 Å². The molecule has 1 aliphatic heterocycles. The molecule has 2 heteroatoms. The number of hydrogen-bond acceptors (Lipinski definition) is 2. The van der Waals surface area contributed by atoms with Crippen molar-refractivity contribution in [3.8, 4) is 67.1 Å². The lowest BCUT2D eigenvalue weighted by atomic mass is 9.67. The molecule has 11 aromatic rings. The van der Waals surface area contributed by atoms with Crippen LogP contribution in [0.1, 0.15) is 22.3 Å². The van der Waals surface area contributed by atoms with Crippen LogP contribution in [0.2, 0.25) is 0 Å². The highest BCUT2D eigenvalue weighted by molar-refractivity contribution is 6.03. The minimum Gasteiger partial charge on any atom is -0.456 e. The Bertz CT molecular complexity index is 3600. The SMILES string of the molecule is c1ccc(-c2ccc(N(c3ccc4c(c3)C(c3ccccc3)(c3ccccc3)c3ccccc3-4)c3cccc4c3-c3ccc(-c5ccccc5)cc3-c3cc5ccccc5cc3O4)cc2)cc1. The minimum atomic E-state index is -0.561. The quantitative estimate of drug-likeness (QED) is 0.158. The third-order valence-electron chi connectivity index (χ3n) is 13.9. The maximum Gasteiger partial charge on any atom is 0.137 e. The highest BCUT2D eigenvalue weighted by Gasteiger charge is 2.46. The van der Waals surface area contributed by atoms with Gasteiger partial charge in [0, 0.05) is 22.5 Å². The summed E-state index contributed by atoms with van der Waals surface area (Å²) in [6, 6.07) is 95.0. The Kier molecular flexibility index (Phi) is 9.11. The third kappa shape index (κ3) is 6.26. The molecular weight excluding hydrogens is 811 g/mol. The van der Waals surface area contributed by atoms with Gasteiger partial charge in [-0.3, -0.25) is 0 Å². The second kappa shape index (κ2) is 15.8. The molecule has 11 aromatic carbocycles. The maximum atomic E-state index is 7.22. The summed E-state index contributed by atoms with van der Waals surface area (Å²) in [5.74, 6) is 1.65. The predicted octanol–water partition coefficient (Wildman–Crippen LogP) is 17.4. The van der Waals surface area contributed by atoms with E-state index in [1.807, 2.05) is 0 Å². The summed E-state index contributed by atoms with van der Waals surface area (Å²) in [6.07, 6.45) is 0. The van der Waals surface area contributed by atoms with E-state index in [4.69, 9.17) is 4.74 Å². The number of anilines is 3. The van der Waals surface area contributed by atoms with Gasteiger partial charge in [-0.25, -0.2) is 0 Å². The molecule has 1 heterocycles. The van der Waals surface area contributed by atoms with Gasteiger partial charge in [0.15, 0.2) is 0 Å². The van der Waals surface area contributed by atoms with Crippen LogP contribution in [0.25, 0.3) is 66.4 Å². The van der Waals surface area contributed by atoms with Crippen molar-refractivity contribution in [2.24, 2.45) is 0 Å². The van der Waals surface area contributed by atoms with Crippen LogP contribution in [0, 0.1) is 0 Å². The first-order valence-corrected chi connectivity index (χ1v) is 23.1. The lowest BCUT2D eigenvalue weighted by Crippen LogP contribution is -2.28. The molecule has 2 nitrogen and oxygen atoms in total. The Hall–Kier alpha value is -8.72. The maximum absolute atomic E-state index is 7.22. The van der Waals surface area contributed by atoms with Crippen molar-refractivity contribution in [3.05, 3.63) is 283 Å². The number of hydrogen-bond donors (Lipinski definition) is 0. The molecule has 0 unspecified atom stereocenters. The van der Waals surface area contributed by atoms with E-state index in [0.717, 1.165) is 67.3 Å². The van der Waals surface area contributed by atoms with Crippen molar-refractivity contribution < 1.29 is 4.74 Å². The second-order valence-electron chi connectivity index (χ2n) is 17.6. The summed E-state index contributed by atoms with van der Waals surface area (Å²) < 4.78 is 7.22. The number of rotatable bonds is 7. The Labute approximate surface area is 391 Å². The molecule has 0 spiro atoms. The highest BCUT2D eigenvalue weighted by Crippen LogP contribution is 2.59. The van der Waals surface area contributed by atoms with E-state index >= 15 is 0 Å². The van der Waals surface area contributed by atoms with Gasteiger partial charge in [0.25, 0.3) is 0 Å². The van der Waals surface area contributed by atoms with Gasteiger partial charge in [0.1, 0.15) is 11.5 Å². The highest BCUT2D eigenvalue weighted by atomic mass is 16.5. The van der Waals surface area contributed by atoms with Crippen LogP contribution in [-0.2, 0) is 5.41 Å². The molecule has 1 aliphatic carbocycles. The van der Waals surface area contributed by atoms with E-state index in [-0.39, 0.29) is 0 Å². The molecule has 13 rings (SSSR count). The van der Waals surface area contributed by atoms with E-state index in [2.05, 4.69) is 266 Å². The number of nitrogens with zero attached hydrogens (tertiary/aromatic N) is 1. The van der Waals surface area contributed by atoms with Crippen molar-refractivity contribution in [2.75, 3.05) is 4.90 Å². The zero-order valence-electron chi connectivity index (χ0n) is 36.7. The summed E-state index contributed by atoms with van der Waals surface area (Å²) in [4.78, 5) is 2.45. The first-order chi connectivity index (χ1) is 33.2. The van der Waals surface area contributed by atoms with Crippen LogP contribution >= 0.6 is 0 Å². The van der Waals surface area contributed by atoms with E-state index in [1.165, 1.54) is 49.9 Å². The third-order valence-corrected chi connectivity index (χ3v) is 13.9. The van der Waals surface area contributed by atoms with Crippen LogP contribution in [0.3, 0.4) is 0 Å². The molecule has 67 heavy (non-hydrogen) atoms. The van der Waals surface area contributed by atoms with Crippen LogP contribution in [0.5, 0.6) is 11.5 Å². The number of fused-ring (bicyclic) bond motifs is 9. The number of ether oxygens (including phenoxy) is 1. The molecule has 0 fully saturated rings. The van der Waals surface area contributed by atoms with E-state index in [1.54, 1.807) is 0 Å². The molecular formula is C65H43NO. The Morgan fingerprint density at radius 2 is 0.836 bits per heavy atom. The summed E-state index contributed by atoms with van der Waals surface area (Å²) in [6.45, 7) is 0. The molecule has 2 aliphatic rings. The van der Waals surface area contributed by atoms with Crippen LogP contribution in [0.4, 0.5) is 17.1 Å². The summed E-state index contributed by atoms with van der Waals surface area (Å²) in [5, 5.41) is 2.31. The van der Waals surface area contributed by atoms with Gasteiger partial charge in [-0.15, -0.1) is 0 Å². The standard InChI is InChI=1S/C65H43NO/c1-5-18-44(19-6-1)46-32-35-52(36-33-46)66(53-37-39-55-54-28-15-16-29-59(54)65(60(55)43-53,50-24-9-3-10-25-50)51-26-11-4-12-27-51)61-30-17-31-62-64(61)56-38-34-49(45-20-7-2-8-21-45)40-57(56)58-41-47-22-13-14-23-48(47)42-63(58)67-62/h1-43H. The summed E-state index contributed by atoms with van der Waals surface area (Å²) >= 11 is 0. The summed E-state index contributed by atoms with van der Waals surface area (Å²) in [5.41, 5.74) is 19.1. The molecule has 0 saturated carbocycles. The van der Waals surface area contributed by atoms with Crippen molar-refractivity contribution in [1.29, 1.82) is 0 Å². The largest absolute Gasteiger partial charge is 0.456 e. The first-order valence-electron chi connectivity index (χ1n) is 23.1. The summed E-state index contributed by atoms with van der Waals surface area (Å²) in [7, 11) is 0. The fraction of sp³-hybridized carbons (Fsp3) is 0.0154. The van der Waals surface area contributed by atoms with Crippen molar-refractivity contribution in [1.82, 2.24) is 0 Å². The molecule has 0 radical (unpaired) electrons. The Morgan fingerprint density at radius 3 is 1.54 bits per heavy atom. The fourth-order valence-corrected chi connectivity index (χ4v) is 10.9. The van der Waals surface area contributed by atoms with Gasteiger partial charge < -0.3 is 9.64 Å². The smallest absolute Gasteiger partial charge is 0.137 e. The predicted molar refractivity (Wildman–Crippen MR) is 278 cm³/mol. The second-order valence-corrected chi connectivity index (χ2v) is 17.6. The number of benzene rings is 11.